The van der Waals surface area contributed by atoms with Crippen LogP contribution in [0.3, 0.4) is 0 Å². The van der Waals surface area contributed by atoms with Crippen molar-refractivity contribution in [1.82, 2.24) is 15.2 Å². The van der Waals surface area contributed by atoms with Crippen LogP contribution in [0.1, 0.15) is 22.2 Å². The van der Waals surface area contributed by atoms with Crippen molar-refractivity contribution in [2.24, 2.45) is 11.8 Å². The highest BCUT2D eigenvalue weighted by molar-refractivity contribution is 7.09. The molecule has 2 fully saturated rings. The number of carboxylic acids is 1. The van der Waals surface area contributed by atoms with Crippen molar-refractivity contribution in [2.45, 2.75) is 24.5 Å². The van der Waals surface area contributed by atoms with E-state index in [1.54, 1.807) is 11.6 Å². The number of nitrogens with one attached hydrogen (secondary N) is 1. The molecule has 4 atom stereocenters. The zero-order valence-corrected chi connectivity index (χ0v) is 22.2. The molecule has 4 aromatic carbocycles. The maximum Gasteiger partial charge on any atom is 0.325 e. The van der Waals surface area contributed by atoms with Crippen LogP contribution in [-0.2, 0) is 27.3 Å². The van der Waals surface area contributed by atoms with Crippen LogP contribution in [0.4, 0.5) is 0 Å². The van der Waals surface area contributed by atoms with Gasteiger partial charge in [-0.1, -0.05) is 84.9 Å². The molecule has 8 heteroatoms. The van der Waals surface area contributed by atoms with Crippen LogP contribution in [0.15, 0.2) is 96.5 Å². The first-order valence-electron chi connectivity index (χ1n) is 13.2. The lowest BCUT2D eigenvalue weighted by Gasteiger charge is -2.31. The molecule has 1 aromatic heterocycles. The molecule has 0 radical (unpaired) electrons. The number of thiazole rings is 1. The van der Waals surface area contributed by atoms with Gasteiger partial charge in [-0.3, -0.25) is 24.6 Å². The molecule has 7 rings (SSSR count). The van der Waals surface area contributed by atoms with Crippen molar-refractivity contribution in [1.29, 1.82) is 0 Å². The van der Waals surface area contributed by atoms with Crippen LogP contribution in [0, 0.1) is 11.8 Å². The van der Waals surface area contributed by atoms with Gasteiger partial charge in [-0.15, -0.1) is 11.3 Å². The molecule has 0 bridgehead atoms. The number of carbonyl (C=O) groups excluding carboxylic acids is 2. The lowest BCUT2D eigenvalue weighted by atomic mass is 9.76. The highest BCUT2D eigenvalue weighted by Gasteiger charge is 2.68. The summed E-state index contributed by atoms with van der Waals surface area (Å²) in [4.78, 5) is 47.1. The van der Waals surface area contributed by atoms with Gasteiger partial charge in [0.1, 0.15) is 10.5 Å². The van der Waals surface area contributed by atoms with E-state index in [2.05, 4.69) is 10.3 Å². The number of aromatic nitrogens is 1. The first-order valence-corrected chi connectivity index (χ1v) is 14.0. The Hall–Kier alpha value is -4.40. The van der Waals surface area contributed by atoms with E-state index in [4.69, 9.17) is 0 Å². The molecule has 5 aromatic rings. The second kappa shape index (κ2) is 9.36. The number of aliphatic carboxylic acids is 1. The number of hydrogen-bond donors (Lipinski definition) is 2. The molecule has 40 heavy (non-hydrogen) atoms. The molecule has 198 valence electrons. The van der Waals surface area contributed by atoms with E-state index in [9.17, 15) is 19.5 Å². The smallest absolute Gasteiger partial charge is 0.325 e. The van der Waals surface area contributed by atoms with Gasteiger partial charge in [0.2, 0.25) is 11.8 Å². The number of rotatable bonds is 6. The van der Waals surface area contributed by atoms with Gasteiger partial charge in [0, 0.05) is 18.0 Å². The number of amides is 2. The Bertz CT molecular complexity index is 1800. The van der Waals surface area contributed by atoms with Gasteiger partial charge in [-0.05, 0) is 32.7 Å². The Labute approximate surface area is 234 Å². The highest BCUT2D eigenvalue weighted by atomic mass is 32.1. The molecule has 4 unspecified atom stereocenters. The maximum atomic E-state index is 14.2. The summed E-state index contributed by atoms with van der Waals surface area (Å²) in [7, 11) is 0. The third kappa shape index (κ3) is 3.75. The Morgan fingerprint density at radius 1 is 0.925 bits per heavy atom. The summed E-state index contributed by atoms with van der Waals surface area (Å²) >= 11 is 1.35. The molecule has 2 aliphatic heterocycles. The van der Waals surface area contributed by atoms with E-state index in [-0.39, 0.29) is 18.9 Å². The summed E-state index contributed by atoms with van der Waals surface area (Å²) in [6.07, 6.45) is 1.69. The first kappa shape index (κ1) is 24.6. The third-order valence-electron chi connectivity index (χ3n) is 8.35. The van der Waals surface area contributed by atoms with Crippen LogP contribution in [0.2, 0.25) is 0 Å². The van der Waals surface area contributed by atoms with Crippen molar-refractivity contribution in [2.75, 3.05) is 0 Å². The minimum Gasteiger partial charge on any atom is -0.480 e. The summed E-state index contributed by atoms with van der Waals surface area (Å²) in [6, 6.07) is 26.6. The fraction of sp³-hybridized carbons (Fsp3) is 0.188. The Morgan fingerprint density at radius 2 is 1.68 bits per heavy atom. The van der Waals surface area contributed by atoms with E-state index in [0.29, 0.717) is 5.01 Å². The summed E-state index contributed by atoms with van der Waals surface area (Å²) in [5.41, 5.74) is -0.0575. The molecule has 7 nitrogen and oxygen atoms in total. The van der Waals surface area contributed by atoms with Gasteiger partial charge in [-0.2, -0.15) is 0 Å². The van der Waals surface area contributed by atoms with Crippen LogP contribution >= 0.6 is 11.3 Å². The second-order valence-corrected chi connectivity index (χ2v) is 11.5. The SMILES string of the molecule is O=C1C2C(c3nccs3)NC(Cc3ccc4ccccc4c3)(C(=O)O)C2C(=O)N1Cc1cccc2ccccc12. The monoisotopic (exact) mass is 547 g/mol. The lowest BCUT2D eigenvalue weighted by molar-refractivity contribution is -0.151. The van der Waals surface area contributed by atoms with E-state index in [1.807, 2.05) is 84.9 Å². The highest BCUT2D eigenvalue weighted by Crippen LogP contribution is 2.50. The number of benzene rings is 4. The number of fused-ring (bicyclic) bond motifs is 3. The van der Waals surface area contributed by atoms with Crippen molar-refractivity contribution in [3.05, 3.63) is 113 Å². The number of nitrogens with zero attached hydrogens (tertiary/aromatic N) is 2. The van der Waals surface area contributed by atoms with E-state index in [1.165, 1.54) is 16.2 Å². The zero-order chi connectivity index (χ0) is 27.4. The van der Waals surface area contributed by atoms with E-state index < -0.39 is 35.3 Å². The predicted molar refractivity (Wildman–Crippen MR) is 152 cm³/mol. The average molecular weight is 548 g/mol. The van der Waals surface area contributed by atoms with Gasteiger partial charge in [0.25, 0.3) is 0 Å². The quantitative estimate of drug-likeness (QED) is 0.292. The van der Waals surface area contributed by atoms with Gasteiger partial charge < -0.3 is 5.11 Å². The molecule has 3 heterocycles. The third-order valence-corrected chi connectivity index (χ3v) is 9.21. The van der Waals surface area contributed by atoms with Crippen molar-refractivity contribution in [3.8, 4) is 0 Å². The topological polar surface area (TPSA) is 99.6 Å². The number of likely N-dealkylation sites (tertiary alicyclic amines) is 1. The Kier molecular flexibility index (Phi) is 5.76. The van der Waals surface area contributed by atoms with Crippen LogP contribution in [-0.4, -0.2) is 38.3 Å². The summed E-state index contributed by atoms with van der Waals surface area (Å²) in [5.74, 6) is -3.92. The van der Waals surface area contributed by atoms with Gasteiger partial charge in [0.05, 0.1) is 24.4 Å². The molecular formula is C32H25N3O4S. The second-order valence-electron chi connectivity index (χ2n) is 10.5. The fourth-order valence-electron chi connectivity index (χ4n) is 6.52. The van der Waals surface area contributed by atoms with Crippen LogP contribution in [0.5, 0.6) is 0 Å². The maximum absolute atomic E-state index is 14.2. The molecule has 0 spiro atoms. The number of imide groups is 1. The standard InChI is InChI=1S/C32H25N3O4S/c36-29-25-26(30(37)35(29)18-23-10-5-9-21-7-3-4-11-24(21)23)32(31(38)39,34-27(25)28-33-14-15-40-28)17-19-12-13-20-6-1-2-8-22(20)16-19/h1-16,25-27,34H,17-18H2,(H,38,39). The number of carboxylic acid groups (broad SMARTS) is 1. The summed E-state index contributed by atoms with van der Waals surface area (Å²) in [5, 5.41) is 20.4. The normalized spacial score (nSPS) is 24.2. The molecular weight excluding hydrogens is 522 g/mol. The van der Waals surface area contributed by atoms with Crippen LogP contribution < -0.4 is 5.32 Å². The van der Waals surface area contributed by atoms with Crippen molar-refractivity contribution >= 4 is 50.7 Å². The largest absolute Gasteiger partial charge is 0.480 e. The molecule has 2 aliphatic rings. The van der Waals surface area contributed by atoms with E-state index >= 15 is 0 Å². The molecule has 0 aliphatic carbocycles. The number of carbonyl (C=O) groups is 3. The van der Waals surface area contributed by atoms with Gasteiger partial charge in [-0.25, -0.2) is 4.98 Å². The Balaban J connectivity index is 1.32. The molecule has 2 amide bonds. The van der Waals surface area contributed by atoms with Crippen molar-refractivity contribution in [3.63, 3.8) is 0 Å². The van der Waals surface area contributed by atoms with Gasteiger partial charge >= 0.3 is 5.97 Å². The van der Waals surface area contributed by atoms with E-state index in [0.717, 1.165) is 32.7 Å². The van der Waals surface area contributed by atoms with Crippen molar-refractivity contribution < 1.29 is 19.5 Å². The number of hydrogen-bond acceptors (Lipinski definition) is 6. The zero-order valence-electron chi connectivity index (χ0n) is 21.4. The molecule has 2 saturated heterocycles. The molecule has 0 saturated carbocycles. The predicted octanol–water partition coefficient (Wildman–Crippen LogP) is 4.96. The summed E-state index contributed by atoms with van der Waals surface area (Å²) in [6.45, 7) is 0.0856. The average Bonchev–Trinajstić information content (AvgIpc) is 3.68. The lowest BCUT2D eigenvalue weighted by Crippen LogP contribution is -2.57. The fourth-order valence-corrected chi connectivity index (χ4v) is 7.26. The molecule has 2 N–H and O–H groups in total. The van der Waals surface area contributed by atoms with Gasteiger partial charge in [0.15, 0.2) is 0 Å². The minimum absolute atomic E-state index is 0.0529. The van der Waals surface area contributed by atoms with Crippen LogP contribution in [0.25, 0.3) is 21.5 Å². The minimum atomic E-state index is -1.68. The first-order chi connectivity index (χ1) is 19.5. The summed E-state index contributed by atoms with van der Waals surface area (Å²) < 4.78 is 0. The Morgan fingerprint density at radius 3 is 2.45 bits per heavy atom.